The van der Waals surface area contributed by atoms with E-state index in [2.05, 4.69) is 121 Å². The fraction of sp³-hybridized carbons (Fsp3) is 0.172. The van der Waals surface area contributed by atoms with E-state index in [4.69, 9.17) is 0 Å². The third-order valence-corrected chi connectivity index (χ3v) is 10.7. The Morgan fingerprint density at radius 2 is 0.594 bits per heavy atom. The van der Waals surface area contributed by atoms with Crippen LogP contribution in [0.25, 0.3) is 0 Å². The van der Waals surface area contributed by atoms with Gasteiger partial charge in [-0.25, -0.2) is 0 Å². The highest BCUT2D eigenvalue weighted by Crippen LogP contribution is 2.37. The summed E-state index contributed by atoms with van der Waals surface area (Å²) >= 11 is 0. The van der Waals surface area contributed by atoms with Gasteiger partial charge in [0.2, 0.25) is 0 Å². The zero-order valence-electron chi connectivity index (χ0n) is 18.7. The molecule has 0 N–H and O–H groups in total. The van der Waals surface area contributed by atoms with Gasteiger partial charge in [0.05, 0.1) is 0 Å². The second-order valence-electron chi connectivity index (χ2n) is 7.71. The maximum atomic E-state index is 2.31. The summed E-state index contributed by atoms with van der Waals surface area (Å²) in [6.07, 6.45) is 6.44. The molecule has 0 saturated carbocycles. The number of unbranched alkanes of at least 4 members (excludes halogenated alkanes) is 2. The molecule has 0 aliphatic carbocycles. The molecule has 1 unspecified atom stereocenters. The van der Waals surface area contributed by atoms with Crippen molar-refractivity contribution in [2.75, 3.05) is 12.3 Å². The van der Waals surface area contributed by atoms with Gasteiger partial charge in [-0.1, -0.05) is 128 Å². The SMILES string of the molecule is P.c1ccc(P(CCCCCP(c2ccccc2)c2ccccc2)c2ccccc2)cc1. The topological polar surface area (TPSA) is 0 Å². The first kappa shape index (κ1) is 24.8. The van der Waals surface area contributed by atoms with E-state index in [1.54, 1.807) is 0 Å². The molecule has 164 valence electrons. The van der Waals surface area contributed by atoms with E-state index in [1.807, 2.05) is 0 Å². The van der Waals surface area contributed by atoms with Crippen LogP contribution in [0.1, 0.15) is 19.3 Å². The Bertz CT molecular complexity index is 841. The molecule has 0 amide bonds. The molecule has 0 nitrogen and oxygen atoms in total. The second kappa shape index (κ2) is 13.7. The molecule has 0 radical (unpaired) electrons. The maximum absolute atomic E-state index is 2.31. The van der Waals surface area contributed by atoms with Gasteiger partial charge >= 0.3 is 0 Å². The average molecular weight is 475 g/mol. The fourth-order valence-corrected chi connectivity index (χ4v) is 8.80. The van der Waals surface area contributed by atoms with Crippen LogP contribution in [0.5, 0.6) is 0 Å². The molecule has 0 saturated heterocycles. The van der Waals surface area contributed by atoms with Gasteiger partial charge in [0, 0.05) is 0 Å². The summed E-state index contributed by atoms with van der Waals surface area (Å²) in [4.78, 5) is 0. The van der Waals surface area contributed by atoms with Crippen LogP contribution in [0.3, 0.4) is 0 Å². The highest BCUT2D eigenvalue weighted by atomic mass is 31.1. The summed E-state index contributed by atoms with van der Waals surface area (Å²) in [5, 5.41) is 6.00. The Labute approximate surface area is 199 Å². The van der Waals surface area contributed by atoms with Crippen LogP contribution in [0, 0.1) is 0 Å². The van der Waals surface area contributed by atoms with Gasteiger partial charge in [-0.05, 0) is 62.2 Å². The van der Waals surface area contributed by atoms with Crippen molar-refractivity contribution in [1.29, 1.82) is 0 Å². The van der Waals surface area contributed by atoms with Gasteiger partial charge < -0.3 is 0 Å². The van der Waals surface area contributed by atoms with Crippen molar-refractivity contribution < 1.29 is 0 Å². The first-order valence-electron chi connectivity index (χ1n) is 11.2. The number of hydrogen-bond acceptors (Lipinski definition) is 0. The summed E-state index contributed by atoms with van der Waals surface area (Å²) in [6.45, 7) is 0. The lowest BCUT2D eigenvalue weighted by molar-refractivity contribution is 0.782. The summed E-state index contributed by atoms with van der Waals surface area (Å²) < 4.78 is 0. The van der Waals surface area contributed by atoms with Gasteiger partial charge in [-0.15, -0.1) is 0 Å². The van der Waals surface area contributed by atoms with E-state index in [-0.39, 0.29) is 25.7 Å². The highest BCUT2D eigenvalue weighted by molar-refractivity contribution is 7.73. The molecule has 32 heavy (non-hydrogen) atoms. The summed E-state index contributed by atoms with van der Waals surface area (Å²) in [5.74, 6) is 0. The molecule has 3 heteroatoms. The van der Waals surface area contributed by atoms with Gasteiger partial charge in [0.15, 0.2) is 0 Å². The number of hydrogen-bond donors (Lipinski definition) is 0. The number of rotatable bonds is 10. The van der Waals surface area contributed by atoms with Gasteiger partial charge in [0.25, 0.3) is 0 Å². The van der Waals surface area contributed by atoms with Crippen molar-refractivity contribution in [1.82, 2.24) is 0 Å². The lowest BCUT2D eigenvalue weighted by Gasteiger charge is -2.20. The van der Waals surface area contributed by atoms with Crippen molar-refractivity contribution in [2.45, 2.75) is 19.3 Å². The van der Waals surface area contributed by atoms with Crippen LogP contribution in [0.2, 0.25) is 0 Å². The van der Waals surface area contributed by atoms with Crippen molar-refractivity contribution in [3.63, 3.8) is 0 Å². The molecule has 0 spiro atoms. The summed E-state index contributed by atoms with van der Waals surface area (Å²) in [5.41, 5.74) is 0. The monoisotopic (exact) mass is 474 g/mol. The molecule has 4 rings (SSSR count). The molecule has 0 aliphatic rings. The normalized spacial score (nSPS) is 10.8. The van der Waals surface area contributed by atoms with Crippen molar-refractivity contribution in [3.05, 3.63) is 121 Å². The highest BCUT2D eigenvalue weighted by Gasteiger charge is 2.15. The predicted octanol–water partition coefficient (Wildman–Crippen LogP) is 6.48. The lowest BCUT2D eigenvalue weighted by Crippen LogP contribution is -2.15. The van der Waals surface area contributed by atoms with Crippen molar-refractivity contribution in [3.8, 4) is 0 Å². The molecule has 0 fully saturated rings. The van der Waals surface area contributed by atoms with Crippen molar-refractivity contribution >= 4 is 47.0 Å². The Morgan fingerprint density at radius 3 is 0.844 bits per heavy atom. The molecule has 4 aromatic rings. The Kier molecular flexibility index (Phi) is 10.6. The van der Waals surface area contributed by atoms with Gasteiger partial charge in [0.1, 0.15) is 0 Å². The zero-order valence-corrected chi connectivity index (χ0v) is 21.9. The van der Waals surface area contributed by atoms with Crippen molar-refractivity contribution in [2.24, 2.45) is 0 Å². The smallest absolute Gasteiger partial charge is 0.0195 e. The van der Waals surface area contributed by atoms with E-state index in [9.17, 15) is 0 Å². The van der Waals surface area contributed by atoms with Crippen LogP contribution < -0.4 is 21.2 Å². The molecule has 0 aromatic heterocycles. The predicted molar refractivity (Wildman–Crippen MR) is 153 cm³/mol. The van der Waals surface area contributed by atoms with E-state index in [0.29, 0.717) is 0 Å². The first-order valence-corrected chi connectivity index (χ1v) is 14.2. The van der Waals surface area contributed by atoms with Crippen LogP contribution in [0.4, 0.5) is 0 Å². The Morgan fingerprint density at radius 1 is 0.344 bits per heavy atom. The minimum atomic E-state index is -0.265. The number of benzene rings is 4. The Hall–Kier alpha value is -1.83. The quantitative estimate of drug-likeness (QED) is 0.182. The van der Waals surface area contributed by atoms with Gasteiger partial charge in [-0.3, -0.25) is 0 Å². The standard InChI is InChI=1S/C29H30P2.H3P/c1-6-16-26(17-7-1)30(27-18-8-2-9-19-27)24-14-5-15-25-31(28-20-10-3-11-21-28)29-22-12-4-13-23-29;/h1-4,6-13,16-23H,5,14-15,24-25H2;1H3. The van der Waals surface area contributed by atoms with Crippen LogP contribution >= 0.6 is 25.7 Å². The largest absolute Gasteiger partial charge is 0.153 e. The zero-order chi connectivity index (χ0) is 21.1. The maximum Gasteiger partial charge on any atom is -0.0195 e. The minimum absolute atomic E-state index is 0. The van der Waals surface area contributed by atoms with Crippen LogP contribution in [0.15, 0.2) is 121 Å². The molecular formula is C29H33P3. The third-order valence-electron chi connectivity index (χ3n) is 5.53. The average Bonchev–Trinajstić information content (AvgIpc) is 2.86. The van der Waals surface area contributed by atoms with E-state index >= 15 is 0 Å². The molecule has 1 atom stereocenters. The first-order chi connectivity index (χ1) is 15.4. The summed E-state index contributed by atoms with van der Waals surface area (Å²) in [6, 6.07) is 44.4. The Balaban J connectivity index is 0.00000289. The fourth-order valence-electron chi connectivity index (χ4n) is 3.96. The molecule has 0 aliphatic heterocycles. The second-order valence-corrected chi connectivity index (χ2v) is 12.4. The minimum Gasteiger partial charge on any atom is -0.153 e. The molecule has 0 bridgehead atoms. The van der Waals surface area contributed by atoms with Gasteiger partial charge in [-0.2, -0.15) is 9.90 Å². The van der Waals surface area contributed by atoms with E-state index < -0.39 is 0 Å². The lowest BCUT2D eigenvalue weighted by atomic mass is 10.3. The van der Waals surface area contributed by atoms with E-state index in [1.165, 1.54) is 52.8 Å². The van der Waals surface area contributed by atoms with Crippen LogP contribution in [-0.2, 0) is 0 Å². The third kappa shape index (κ3) is 7.09. The van der Waals surface area contributed by atoms with E-state index in [0.717, 1.165) is 0 Å². The van der Waals surface area contributed by atoms with Crippen LogP contribution in [-0.4, -0.2) is 12.3 Å². The summed E-state index contributed by atoms with van der Waals surface area (Å²) in [7, 11) is -0.530. The molecular weight excluding hydrogens is 441 g/mol. The molecule has 4 aromatic carbocycles. The molecule has 0 heterocycles.